The molecule has 0 aliphatic carbocycles. The quantitative estimate of drug-likeness (QED) is 0.653. The highest BCUT2D eigenvalue weighted by Crippen LogP contribution is 2.34. The summed E-state index contributed by atoms with van der Waals surface area (Å²) in [5, 5.41) is 5.82. The van der Waals surface area contributed by atoms with Crippen LogP contribution >= 0.6 is 22.9 Å². The summed E-state index contributed by atoms with van der Waals surface area (Å²) < 4.78 is 10.6. The second-order valence-electron chi connectivity index (χ2n) is 5.55. The zero-order chi connectivity index (χ0) is 18.1. The minimum atomic E-state index is -0.319. The summed E-state index contributed by atoms with van der Waals surface area (Å²) in [6, 6.07) is 12.6. The molecule has 1 aromatic heterocycles. The summed E-state index contributed by atoms with van der Waals surface area (Å²) >= 11 is 7.25. The van der Waals surface area contributed by atoms with Gasteiger partial charge in [-0.25, -0.2) is 4.98 Å². The van der Waals surface area contributed by atoms with E-state index in [1.807, 2.05) is 17.5 Å². The molecule has 0 radical (unpaired) electrons. The highest BCUT2D eigenvalue weighted by Gasteiger charge is 2.17. The van der Waals surface area contributed by atoms with Gasteiger partial charge in [-0.2, -0.15) is 0 Å². The van der Waals surface area contributed by atoms with Crippen LogP contribution < -0.4 is 14.8 Å². The van der Waals surface area contributed by atoms with Crippen LogP contribution in [0.5, 0.6) is 11.5 Å². The lowest BCUT2D eigenvalue weighted by molar-refractivity contribution is -0.111. The number of halogens is 1. The van der Waals surface area contributed by atoms with Crippen molar-refractivity contribution in [1.29, 1.82) is 0 Å². The number of aromatic nitrogens is 1. The summed E-state index contributed by atoms with van der Waals surface area (Å²) in [5.74, 6) is 0.950. The molecule has 2 aromatic carbocycles. The van der Waals surface area contributed by atoms with Crippen molar-refractivity contribution < 1.29 is 14.3 Å². The van der Waals surface area contributed by atoms with E-state index >= 15 is 0 Å². The van der Waals surface area contributed by atoms with Crippen molar-refractivity contribution in [2.75, 3.05) is 12.1 Å². The third-order valence-corrected chi connectivity index (χ3v) is 4.87. The number of rotatable bonds is 4. The molecule has 3 aromatic rings. The molecule has 5 nitrogen and oxygen atoms in total. The number of carbonyl (C=O) groups excluding carboxylic acids is 1. The number of thiazole rings is 1. The first-order valence-corrected chi connectivity index (χ1v) is 8.97. The van der Waals surface area contributed by atoms with E-state index in [4.69, 9.17) is 21.1 Å². The molecular formula is C19H13ClN2O3S. The fourth-order valence-corrected chi connectivity index (χ4v) is 3.31. The van der Waals surface area contributed by atoms with E-state index in [1.54, 1.807) is 30.3 Å². The van der Waals surface area contributed by atoms with Crippen LogP contribution in [-0.2, 0) is 4.79 Å². The molecule has 0 saturated carbocycles. The zero-order valence-electron chi connectivity index (χ0n) is 13.5. The molecule has 1 amide bonds. The van der Waals surface area contributed by atoms with Gasteiger partial charge < -0.3 is 9.47 Å². The fraction of sp³-hybridized carbons (Fsp3) is 0.0526. The van der Waals surface area contributed by atoms with Crippen LogP contribution in [0.3, 0.4) is 0 Å². The van der Waals surface area contributed by atoms with Crippen LogP contribution in [-0.4, -0.2) is 17.7 Å². The van der Waals surface area contributed by atoms with Crippen LogP contribution in [0.25, 0.3) is 16.8 Å². The second-order valence-corrected chi connectivity index (χ2v) is 6.84. The maximum atomic E-state index is 12.5. The number of amides is 1. The molecule has 0 atom stereocenters. The Labute approximate surface area is 158 Å². The van der Waals surface area contributed by atoms with Gasteiger partial charge in [0.1, 0.15) is 0 Å². The Morgan fingerprint density at radius 1 is 1.15 bits per heavy atom. The molecule has 4 rings (SSSR count). The van der Waals surface area contributed by atoms with E-state index in [2.05, 4.69) is 16.9 Å². The van der Waals surface area contributed by atoms with E-state index in [-0.39, 0.29) is 12.7 Å². The maximum Gasteiger partial charge on any atom is 0.257 e. The fourth-order valence-electron chi connectivity index (χ4n) is 2.47. The third-order valence-electron chi connectivity index (χ3n) is 3.86. The van der Waals surface area contributed by atoms with Crippen LogP contribution in [0.1, 0.15) is 5.56 Å². The Morgan fingerprint density at radius 3 is 2.73 bits per heavy atom. The summed E-state index contributed by atoms with van der Waals surface area (Å²) in [7, 11) is 0. The van der Waals surface area contributed by atoms with Crippen molar-refractivity contribution in [2.24, 2.45) is 0 Å². The van der Waals surface area contributed by atoms with Crippen LogP contribution in [0.15, 0.2) is 54.4 Å². The lowest BCUT2D eigenvalue weighted by atomic mass is 10.1. The summed E-state index contributed by atoms with van der Waals surface area (Å²) in [6.45, 7) is 4.06. The van der Waals surface area contributed by atoms with Gasteiger partial charge in [0.15, 0.2) is 16.6 Å². The van der Waals surface area contributed by atoms with E-state index in [0.29, 0.717) is 32.8 Å². The molecule has 26 heavy (non-hydrogen) atoms. The van der Waals surface area contributed by atoms with Crippen LogP contribution in [0, 0.1) is 0 Å². The molecule has 1 N–H and O–H groups in total. The average molecular weight is 385 g/mol. The van der Waals surface area contributed by atoms with E-state index < -0.39 is 0 Å². The first-order chi connectivity index (χ1) is 12.6. The smallest absolute Gasteiger partial charge is 0.257 e. The number of hydrogen-bond acceptors (Lipinski definition) is 5. The number of hydrogen-bond donors (Lipinski definition) is 1. The summed E-state index contributed by atoms with van der Waals surface area (Å²) in [6.07, 6.45) is 0. The van der Waals surface area contributed by atoms with E-state index in [0.717, 1.165) is 11.3 Å². The molecule has 1 aliphatic rings. The highest BCUT2D eigenvalue weighted by molar-refractivity contribution is 7.14. The van der Waals surface area contributed by atoms with Crippen molar-refractivity contribution >= 4 is 39.5 Å². The van der Waals surface area contributed by atoms with Gasteiger partial charge in [-0.3, -0.25) is 10.1 Å². The molecule has 7 heteroatoms. The van der Waals surface area contributed by atoms with E-state index in [9.17, 15) is 4.79 Å². The Balaban J connectivity index is 1.48. The number of carbonyl (C=O) groups is 1. The molecule has 0 unspecified atom stereocenters. The van der Waals surface area contributed by atoms with Gasteiger partial charge in [-0.05, 0) is 29.8 Å². The van der Waals surface area contributed by atoms with Gasteiger partial charge in [0.25, 0.3) is 5.91 Å². The van der Waals surface area contributed by atoms with Crippen molar-refractivity contribution in [2.45, 2.75) is 0 Å². The Hall–Kier alpha value is -2.83. The predicted octanol–water partition coefficient (Wildman–Crippen LogP) is 4.84. The molecule has 130 valence electrons. The lowest BCUT2D eigenvalue weighted by Crippen LogP contribution is -2.12. The van der Waals surface area contributed by atoms with Gasteiger partial charge in [0.05, 0.1) is 5.69 Å². The van der Waals surface area contributed by atoms with E-state index in [1.165, 1.54) is 11.3 Å². The Kier molecular flexibility index (Phi) is 4.36. The Morgan fingerprint density at radius 2 is 1.92 bits per heavy atom. The number of ether oxygens (including phenoxy) is 2. The highest BCUT2D eigenvalue weighted by atomic mass is 35.5. The number of anilines is 1. The molecule has 2 heterocycles. The number of fused-ring (bicyclic) bond motifs is 1. The summed E-state index contributed by atoms with van der Waals surface area (Å²) in [5.41, 5.74) is 2.70. The normalized spacial score (nSPS) is 12.0. The molecule has 1 aliphatic heterocycles. The largest absolute Gasteiger partial charge is 0.454 e. The number of benzene rings is 2. The lowest BCUT2D eigenvalue weighted by Gasteiger charge is -2.06. The average Bonchev–Trinajstić information content (AvgIpc) is 3.30. The second kappa shape index (κ2) is 6.82. The number of nitrogens with zero attached hydrogens (tertiary/aromatic N) is 1. The molecular weight excluding hydrogens is 372 g/mol. The minimum absolute atomic E-state index is 0.185. The molecule has 0 saturated heterocycles. The SMILES string of the molecule is C=C(C(=O)Nc1nc(-c2ccc(Cl)cc2)cs1)c1ccc2c(c1)OCO2. The monoisotopic (exact) mass is 384 g/mol. The van der Waals surface area contributed by atoms with Crippen molar-refractivity contribution in [3.63, 3.8) is 0 Å². The standard InChI is InChI=1S/C19H13ClN2O3S/c1-11(13-4-7-16-17(8-13)25-10-24-16)18(23)22-19-21-15(9-26-19)12-2-5-14(20)6-3-12/h2-9H,1,10H2,(H,21,22,23). The topological polar surface area (TPSA) is 60.5 Å². The van der Waals surface area contributed by atoms with Crippen molar-refractivity contribution in [1.82, 2.24) is 4.98 Å². The van der Waals surface area contributed by atoms with Gasteiger partial charge in [-0.15, -0.1) is 11.3 Å². The predicted molar refractivity (Wildman–Crippen MR) is 103 cm³/mol. The molecule has 0 spiro atoms. The summed E-state index contributed by atoms with van der Waals surface area (Å²) in [4.78, 5) is 16.9. The van der Waals surface area contributed by atoms with Gasteiger partial charge in [-0.1, -0.05) is 36.4 Å². The van der Waals surface area contributed by atoms with Gasteiger partial charge in [0.2, 0.25) is 6.79 Å². The first-order valence-electron chi connectivity index (χ1n) is 7.72. The Bertz CT molecular complexity index is 998. The van der Waals surface area contributed by atoms with Crippen molar-refractivity contribution in [3.05, 3.63) is 65.0 Å². The van der Waals surface area contributed by atoms with Crippen LogP contribution in [0.2, 0.25) is 5.02 Å². The van der Waals surface area contributed by atoms with Gasteiger partial charge >= 0.3 is 0 Å². The third kappa shape index (κ3) is 3.29. The first kappa shape index (κ1) is 16.6. The minimum Gasteiger partial charge on any atom is -0.454 e. The van der Waals surface area contributed by atoms with Crippen LogP contribution in [0.4, 0.5) is 5.13 Å². The number of nitrogens with one attached hydrogen (secondary N) is 1. The maximum absolute atomic E-state index is 12.5. The molecule has 0 bridgehead atoms. The van der Waals surface area contributed by atoms with Gasteiger partial charge in [0, 0.05) is 21.5 Å². The molecule has 0 fully saturated rings. The van der Waals surface area contributed by atoms with Crippen molar-refractivity contribution in [3.8, 4) is 22.8 Å². The zero-order valence-corrected chi connectivity index (χ0v) is 15.1.